The molecule has 17 heavy (non-hydrogen) atoms. The Kier molecular flexibility index (Phi) is 3.40. The second-order valence-corrected chi connectivity index (χ2v) is 5.30. The van der Waals surface area contributed by atoms with Crippen molar-refractivity contribution >= 4 is 0 Å². The van der Waals surface area contributed by atoms with Gasteiger partial charge in [0.1, 0.15) is 12.4 Å². The molecular formula is C14H21NO2. The van der Waals surface area contributed by atoms with E-state index >= 15 is 0 Å². The fourth-order valence-corrected chi connectivity index (χ4v) is 2.31. The summed E-state index contributed by atoms with van der Waals surface area (Å²) in [7, 11) is 1.99. The van der Waals surface area contributed by atoms with Crippen LogP contribution in [0.1, 0.15) is 37.4 Å². The summed E-state index contributed by atoms with van der Waals surface area (Å²) < 4.78 is 5.73. The minimum Gasteiger partial charge on any atom is -0.490 e. The van der Waals surface area contributed by atoms with E-state index in [1.54, 1.807) is 13.8 Å². The number of benzene rings is 1. The Labute approximate surface area is 103 Å². The van der Waals surface area contributed by atoms with Crippen molar-refractivity contribution in [3.05, 3.63) is 29.3 Å². The van der Waals surface area contributed by atoms with E-state index in [1.165, 1.54) is 11.1 Å². The number of rotatable bonds is 4. The average molecular weight is 235 g/mol. The zero-order chi connectivity index (χ0) is 12.5. The lowest BCUT2D eigenvalue weighted by Gasteiger charge is -2.19. The van der Waals surface area contributed by atoms with E-state index in [-0.39, 0.29) is 0 Å². The average Bonchev–Trinajstić information content (AvgIpc) is 2.68. The number of hydrogen-bond acceptors (Lipinski definition) is 3. The summed E-state index contributed by atoms with van der Waals surface area (Å²) in [4.78, 5) is 0. The van der Waals surface area contributed by atoms with Gasteiger partial charge in [0.05, 0.1) is 5.60 Å². The fourth-order valence-electron chi connectivity index (χ4n) is 2.31. The minimum atomic E-state index is -0.788. The minimum absolute atomic E-state index is 0.327. The maximum absolute atomic E-state index is 9.69. The lowest BCUT2D eigenvalue weighted by Crippen LogP contribution is -2.28. The predicted molar refractivity (Wildman–Crippen MR) is 68.4 cm³/mol. The lowest BCUT2D eigenvalue weighted by molar-refractivity contribution is 0.0282. The quantitative estimate of drug-likeness (QED) is 0.839. The van der Waals surface area contributed by atoms with E-state index in [2.05, 4.69) is 11.4 Å². The van der Waals surface area contributed by atoms with E-state index in [0.717, 1.165) is 18.6 Å². The molecule has 1 aliphatic rings. The van der Waals surface area contributed by atoms with Crippen LogP contribution in [0, 0.1) is 0 Å². The normalized spacial score (nSPS) is 19.2. The van der Waals surface area contributed by atoms with Crippen molar-refractivity contribution < 1.29 is 9.84 Å². The van der Waals surface area contributed by atoms with Gasteiger partial charge in [-0.2, -0.15) is 0 Å². The molecule has 0 radical (unpaired) electrons. The molecule has 2 N–H and O–H groups in total. The molecule has 1 unspecified atom stereocenters. The van der Waals surface area contributed by atoms with Gasteiger partial charge in [-0.05, 0) is 50.9 Å². The van der Waals surface area contributed by atoms with Crippen LogP contribution in [0.25, 0.3) is 0 Å². The summed E-state index contributed by atoms with van der Waals surface area (Å²) in [6.07, 6.45) is 2.16. The van der Waals surface area contributed by atoms with Crippen molar-refractivity contribution in [1.82, 2.24) is 5.32 Å². The molecule has 0 bridgehead atoms. The van der Waals surface area contributed by atoms with Gasteiger partial charge in [0, 0.05) is 6.04 Å². The van der Waals surface area contributed by atoms with Gasteiger partial charge in [-0.1, -0.05) is 12.1 Å². The molecule has 0 fully saturated rings. The van der Waals surface area contributed by atoms with Gasteiger partial charge >= 0.3 is 0 Å². The first-order chi connectivity index (χ1) is 8.01. The molecular weight excluding hydrogens is 214 g/mol. The van der Waals surface area contributed by atoms with Crippen LogP contribution in [-0.4, -0.2) is 24.4 Å². The summed E-state index contributed by atoms with van der Waals surface area (Å²) in [6.45, 7) is 3.84. The third-order valence-corrected chi connectivity index (χ3v) is 3.16. The number of aliphatic hydroxyl groups is 1. The Morgan fingerprint density at radius 3 is 2.88 bits per heavy atom. The number of nitrogens with one attached hydrogen (secondary N) is 1. The first kappa shape index (κ1) is 12.4. The molecule has 0 heterocycles. The highest BCUT2D eigenvalue weighted by atomic mass is 16.5. The zero-order valence-corrected chi connectivity index (χ0v) is 10.8. The van der Waals surface area contributed by atoms with Crippen molar-refractivity contribution in [3.63, 3.8) is 0 Å². The van der Waals surface area contributed by atoms with Gasteiger partial charge in [-0.15, -0.1) is 0 Å². The highest BCUT2D eigenvalue weighted by Gasteiger charge is 2.24. The van der Waals surface area contributed by atoms with Crippen LogP contribution in [0.5, 0.6) is 5.75 Å². The first-order valence-corrected chi connectivity index (χ1v) is 6.15. The third kappa shape index (κ3) is 2.79. The van der Waals surface area contributed by atoms with E-state index < -0.39 is 5.60 Å². The number of fused-ring (bicyclic) bond motifs is 1. The number of hydrogen-bond donors (Lipinski definition) is 2. The smallest absolute Gasteiger partial charge is 0.122 e. The molecule has 94 valence electrons. The van der Waals surface area contributed by atoms with Crippen LogP contribution in [0.15, 0.2) is 18.2 Å². The van der Waals surface area contributed by atoms with E-state index in [4.69, 9.17) is 4.74 Å². The van der Waals surface area contributed by atoms with E-state index in [1.807, 2.05) is 19.2 Å². The molecule has 3 nitrogen and oxygen atoms in total. The number of ether oxygens (including phenoxy) is 1. The molecule has 0 spiro atoms. The van der Waals surface area contributed by atoms with Gasteiger partial charge < -0.3 is 15.2 Å². The maximum Gasteiger partial charge on any atom is 0.122 e. The fraction of sp³-hybridized carbons (Fsp3) is 0.571. The van der Waals surface area contributed by atoms with Gasteiger partial charge in [-0.3, -0.25) is 0 Å². The van der Waals surface area contributed by atoms with Crippen molar-refractivity contribution in [1.29, 1.82) is 0 Å². The molecule has 1 atom stereocenters. The Balaban J connectivity index is 2.17. The molecule has 0 aliphatic heterocycles. The summed E-state index contributed by atoms with van der Waals surface area (Å²) in [5.74, 6) is 0.919. The molecule has 1 aliphatic carbocycles. The van der Waals surface area contributed by atoms with Gasteiger partial charge in [-0.25, -0.2) is 0 Å². The largest absolute Gasteiger partial charge is 0.490 e. The van der Waals surface area contributed by atoms with Crippen LogP contribution >= 0.6 is 0 Å². The molecule has 0 aromatic heterocycles. The lowest BCUT2D eigenvalue weighted by atomic mass is 10.1. The van der Waals surface area contributed by atoms with Crippen molar-refractivity contribution in [2.75, 3.05) is 13.7 Å². The molecule has 2 rings (SSSR count). The Morgan fingerprint density at radius 2 is 2.24 bits per heavy atom. The molecule has 0 amide bonds. The van der Waals surface area contributed by atoms with Crippen LogP contribution in [0.3, 0.4) is 0 Å². The Morgan fingerprint density at radius 1 is 1.47 bits per heavy atom. The first-order valence-electron chi connectivity index (χ1n) is 6.15. The van der Waals surface area contributed by atoms with Crippen LogP contribution in [0.4, 0.5) is 0 Å². The Hall–Kier alpha value is -1.06. The van der Waals surface area contributed by atoms with E-state index in [9.17, 15) is 5.11 Å². The molecule has 1 aromatic rings. The monoisotopic (exact) mass is 235 g/mol. The van der Waals surface area contributed by atoms with Crippen molar-refractivity contribution in [2.24, 2.45) is 0 Å². The van der Waals surface area contributed by atoms with Gasteiger partial charge in [0.15, 0.2) is 0 Å². The van der Waals surface area contributed by atoms with Crippen LogP contribution < -0.4 is 10.1 Å². The third-order valence-electron chi connectivity index (χ3n) is 3.16. The van der Waals surface area contributed by atoms with E-state index in [0.29, 0.717) is 12.6 Å². The summed E-state index contributed by atoms with van der Waals surface area (Å²) >= 11 is 0. The standard InChI is InChI=1S/C14H21NO2/c1-14(2,16)9-17-13-6-4-5-10-11(13)7-8-12(10)15-3/h4-6,12,15-16H,7-9H2,1-3H3. The predicted octanol–water partition coefficient (Wildman–Crippen LogP) is 2.04. The topological polar surface area (TPSA) is 41.5 Å². The maximum atomic E-state index is 9.69. The van der Waals surface area contributed by atoms with Gasteiger partial charge in [0.2, 0.25) is 0 Å². The highest BCUT2D eigenvalue weighted by molar-refractivity contribution is 5.45. The second kappa shape index (κ2) is 4.67. The second-order valence-electron chi connectivity index (χ2n) is 5.30. The SMILES string of the molecule is CNC1CCc2c(OCC(C)(C)O)cccc21. The van der Waals surface area contributed by atoms with Crippen molar-refractivity contribution in [2.45, 2.75) is 38.3 Å². The molecule has 3 heteroatoms. The highest BCUT2D eigenvalue weighted by Crippen LogP contribution is 2.36. The van der Waals surface area contributed by atoms with Crippen molar-refractivity contribution in [3.8, 4) is 5.75 Å². The molecule has 0 saturated heterocycles. The Bertz CT molecular complexity index is 396. The summed E-state index contributed by atoms with van der Waals surface area (Å²) in [5.41, 5.74) is 1.83. The summed E-state index contributed by atoms with van der Waals surface area (Å²) in [5, 5.41) is 13.0. The molecule has 0 saturated carbocycles. The van der Waals surface area contributed by atoms with Crippen LogP contribution in [0.2, 0.25) is 0 Å². The van der Waals surface area contributed by atoms with Crippen LogP contribution in [-0.2, 0) is 6.42 Å². The summed E-state index contributed by atoms with van der Waals surface area (Å²) in [6, 6.07) is 6.60. The molecule has 1 aromatic carbocycles. The zero-order valence-electron chi connectivity index (χ0n) is 10.8. The van der Waals surface area contributed by atoms with Gasteiger partial charge in [0.25, 0.3) is 0 Å².